The van der Waals surface area contributed by atoms with Gasteiger partial charge in [-0.1, -0.05) is 43.0 Å². The minimum absolute atomic E-state index is 0.107. The molecular weight excluding hydrogens is 298 g/mol. The Balaban J connectivity index is 1.80. The molecule has 0 saturated heterocycles. The van der Waals surface area contributed by atoms with E-state index in [1.165, 1.54) is 19.3 Å². The highest BCUT2D eigenvalue weighted by Crippen LogP contribution is 2.31. The summed E-state index contributed by atoms with van der Waals surface area (Å²) in [4.78, 5) is 14.3. The molecule has 22 heavy (non-hydrogen) atoms. The molecule has 5 heteroatoms. The third kappa shape index (κ3) is 4.62. The predicted octanol–water partition coefficient (Wildman–Crippen LogP) is 3.40. The molecule has 0 aliphatic heterocycles. The molecule has 1 fully saturated rings. The lowest BCUT2D eigenvalue weighted by Crippen LogP contribution is -2.55. The Bertz CT molecular complexity index is 481. The largest absolute Gasteiger partial charge is 0.336 e. The van der Waals surface area contributed by atoms with Crippen molar-refractivity contribution in [2.45, 2.75) is 44.2 Å². The smallest absolute Gasteiger partial charge is 0.315 e. The van der Waals surface area contributed by atoms with Crippen molar-refractivity contribution in [2.75, 3.05) is 20.6 Å². The Morgan fingerprint density at radius 3 is 2.36 bits per heavy atom. The maximum absolute atomic E-state index is 12.0. The fraction of sp³-hybridized carbons (Fsp3) is 0.588. The number of rotatable bonds is 5. The highest BCUT2D eigenvalue weighted by atomic mass is 35.5. The number of amides is 2. The molecule has 0 radical (unpaired) electrons. The Hall–Kier alpha value is -1.26. The summed E-state index contributed by atoms with van der Waals surface area (Å²) in [5.74, 6) is 0. The summed E-state index contributed by atoms with van der Waals surface area (Å²) in [6.45, 7) is 1.21. The van der Waals surface area contributed by atoms with Gasteiger partial charge in [0.25, 0.3) is 0 Å². The fourth-order valence-electron chi connectivity index (χ4n) is 3.08. The lowest BCUT2D eigenvalue weighted by molar-refractivity contribution is 0.101. The molecule has 1 aliphatic carbocycles. The Kier molecular flexibility index (Phi) is 6.09. The molecule has 0 aromatic heterocycles. The molecule has 4 nitrogen and oxygen atoms in total. The van der Waals surface area contributed by atoms with Crippen LogP contribution in [0.3, 0.4) is 0 Å². The van der Waals surface area contributed by atoms with E-state index in [2.05, 4.69) is 29.6 Å². The molecule has 2 amide bonds. The van der Waals surface area contributed by atoms with E-state index in [1.54, 1.807) is 0 Å². The maximum atomic E-state index is 12.0. The van der Waals surface area contributed by atoms with Crippen LogP contribution < -0.4 is 10.6 Å². The van der Waals surface area contributed by atoms with Crippen LogP contribution in [0.4, 0.5) is 4.79 Å². The van der Waals surface area contributed by atoms with Crippen molar-refractivity contribution < 1.29 is 4.79 Å². The lowest BCUT2D eigenvalue weighted by Gasteiger charge is -2.43. The van der Waals surface area contributed by atoms with E-state index in [4.69, 9.17) is 11.6 Å². The van der Waals surface area contributed by atoms with Gasteiger partial charge in [-0.2, -0.15) is 0 Å². The van der Waals surface area contributed by atoms with E-state index in [0.717, 1.165) is 18.4 Å². The lowest BCUT2D eigenvalue weighted by atomic mass is 9.80. The van der Waals surface area contributed by atoms with Gasteiger partial charge in [0, 0.05) is 23.7 Å². The van der Waals surface area contributed by atoms with Gasteiger partial charge in [0.1, 0.15) is 0 Å². The Labute approximate surface area is 138 Å². The first kappa shape index (κ1) is 17.1. The summed E-state index contributed by atoms with van der Waals surface area (Å²) < 4.78 is 0. The molecule has 2 rings (SSSR count). The molecule has 0 atom stereocenters. The molecule has 1 aromatic carbocycles. The van der Waals surface area contributed by atoms with Crippen molar-refractivity contribution in [3.8, 4) is 0 Å². The predicted molar refractivity (Wildman–Crippen MR) is 91.2 cm³/mol. The minimum atomic E-state index is -0.109. The third-order valence-corrected chi connectivity index (χ3v) is 4.93. The van der Waals surface area contributed by atoms with E-state index < -0.39 is 0 Å². The molecule has 2 N–H and O–H groups in total. The fourth-order valence-corrected chi connectivity index (χ4v) is 3.21. The van der Waals surface area contributed by atoms with E-state index in [9.17, 15) is 4.79 Å². The number of nitrogens with one attached hydrogen (secondary N) is 2. The van der Waals surface area contributed by atoms with Crippen LogP contribution >= 0.6 is 11.6 Å². The highest BCUT2D eigenvalue weighted by Gasteiger charge is 2.34. The maximum Gasteiger partial charge on any atom is 0.315 e. The van der Waals surface area contributed by atoms with Crippen molar-refractivity contribution in [3.05, 3.63) is 34.9 Å². The van der Waals surface area contributed by atoms with Gasteiger partial charge in [0.15, 0.2) is 0 Å². The van der Waals surface area contributed by atoms with Crippen molar-refractivity contribution in [3.63, 3.8) is 0 Å². The minimum Gasteiger partial charge on any atom is -0.336 e. The van der Waals surface area contributed by atoms with Gasteiger partial charge < -0.3 is 15.5 Å². The SMILES string of the molecule is CN(C)C1(CNC(=O)NCc2ccc(Cl)cc2)CCCCC1. The number of nitrogens with zero attached hydrogens (tertiary/aromatic N) is 1. The first-order chi connectivity index (χ1) is 10.5. The monoisotopic (exact) mass is 323 g/mol. The van der Waals surface area contributed by atoms with Crippen LogP contribution in [0.2, 0.25) is 5.02 Å². The zero-order valence-corrected chi connectivity index (χ0v) is 14.2. The van der Waals surface area contributed by atoms with Crippen LogP contribution in [-0.4, -0.2) is 37.1 Å². The first-order valence-corrected chi connectivity index (χ1v) is 8.33. The number of hydrogen-bond acceptors (Lipinski definition) is 2. The molecule has 0 spiro atoms. The average molecular weight is 324 g/mol. The molecule has 0 unspecified atom stereocenters. The van der Waals surface area contributed by atoms with Crippen molar-refractivity contribution in [1.82, 2.24) is 15.5 Å². The average Bonchev–Trinajstić information content (AvgIpc) is 2.53. The van der Waals surface area contributed by atoms with Gasteiger partial charge in [0.05, 0.1) is 0 Å². The summed E-state index contributed by atoms with van der Waals surface area (Å²) in [6, 6.07) is 7.40. The zero-order valence-electron chi connectivity index (χ0n) is 13.5. The van der Waals surface area contributed by atoms with Crippen molar-refractivity contribution in [1.29, 1.82) is 0 Å². The summed E-state index contributed by atoms with van der Waals surface area (Å²) in [6.07, 6.45) is 6.09. The van der Waals surface area contributed by atoms with Crippen LogP contribution in [0.5, 0.6) is 0 Å². The molecule has 1 saturated carbocycles. The topological polar surface area (TPSA) is 44.4 Å². The van der Waals surface area contributed by atoms with Gasteiger partial charge in [-0.3, -0.25) is 0 Å². The number of carbonyl (C=O) groups is 1. The highest BCUT2D eigenvalue weighted by molar-refractivity contribution is 6.30. The van der Waals surface area contributed by atoms with Crippen molar-refractivity contribution in [2.24, 2.45) is 0 Å². The van der Waals surface area contributed by atoms with Crippen LogP contribution in [0.25, 0.3) is 0 Å². The van der Waals surface area contributed by atoms with E-state index in [0.29, 0.717) is 18.1 Å². The summed E-state index contributed by atoms with van der Waals surface area (Å²) in [5, 5.41) is 6.65. The summed E-state index contributed by atoms with van der Waals surface area (Å²) in [7, 11) is 4.22. The molecule has 0 heterocycles. The van der Waals surface area contributed by atoms with Crippen molar-refractivity contribution >= 4 is 17.6 Å². The van der Waals surface area contributed by atoms with E-state index in [-0.39, 0.29) is 11.6 Å². The first-order valence-electron chi connectivity index (χ1n) is 7.95. The van der Waals surface area contributed by atoms with Crippen LogP contribution in [0, 0.1) is 0 Å². The summed E-state index contributed by atoms with van der Waals surface area (Å²) in [5.41, 5.74) is 1.15. The van der Waals surface area contributed by atoms with Gasteiger partial charge >= 0.3 is 6.03 Å². The second-order valence-electron chi connectivity index (χ2n) is 6.34. The molecule has 1 aliphatic rings. The van der Waals surface area contributed by atoms with Gasteiger partial charge in [-0.05, 0) is 44.6 Å². The molecular formula is C17H26ClN3O. The van der Waals surface area contributed by atoms with Crippen LogP contribution in [0.15, 0.2) is 24.3 Å². The Morgan fingerprint density at radius 1 is 1.14 bits per heavy atom. The van der Waals surface area contributed by atoms with Crippen LogP contribution in [0.1, 0.15) is 37.7 Å². The van der Waals surface area contributed by atoms with E-state index in [1.807, 2.05) is 24.3 Å². The second-order valence-corrected chi connectivity index (χ2v) is 6.78. The van der Waals surface area contributed by atoms with Gasteiger partial charge in [-0.25, -0.2) is 4.79 Å². The molecule has 0 bridgehead atoms. The van der Waals surface area contributed by atoms with Gasteiger partial charge in [0.2, 0.25) is 0 Å². The van der Waals surface area contributed by atoms with E-state index >= 15 is 0 Å². The number of benzene rings is 1. The summed E-state index contributed by atoms with van der Waals surface area (Å²) >= 11 is 5.85. The second kappa shape index (κ2) is 7.84. The quantitative estimate of drug-likeness (QED) is 0.872. The third-order valence-electron chi connectivity index (χ3n) is 4.68. The molecule has 122 valence electrons. The number of carbonyl (C=O) groups excluding carboxylic acids is 1. The number of likely N-dealkylation sites (N-methyl/N-ethyl adjacent to an activating group) is 1. The molecule has 1 aromatic rings. The van der Waals surface area contributed by atoms with Crippen LogP contribution in [-0.2, 0) is 6.54 Å². The number of hydrogen-bond donors (Lipinski definition) is 2. The van der Waals surface area contributed by atoms with Gasteiger partial charge in [-0.15, -0.1) is 0 Å². The normalized spacial score (nSPS) is 17.3. The number of urea groups is 1. The standard InChI is InChI=1S/C17H26ClN3O/c1-21(2)17(10-4-3-5-11-17)13-20-16(22)19-12-14-6-8-15(18)9-7-14/h6-9H,3-5,10-13H2,1-2H3,(H2,19,20,22). The number of halogens is 1. The Morgan fingerprint density at radius 2 is 1.77 bits per heavy atom. The zero-order chi connectivity index (χ0) is 16.0.